The minimum absolute atomic E-state index is 0.309. The number of hydrogen-bond acceptors (Lipinski definition) is 3. The summed E-state index contributed by atoms with van der Waals surface area (Å²) in [6.07, 6.45) is 0.884. The SMILES string of the molecule is COC(=O)c1ccc(CCNCC#Cc2ccc(-c3ccccc3)cc2)cc1. The average Bonchev–Trinajstić information content (AvgIpc) is 2.77. The molecule has 0 unspecified atom stereocenters. The van der Waals surface area contributed by atoms with Crippen molar-refractivity contribution in [1.82, 2.24) is 5.32 Å². The zero-order chi connectivity index (χ0) is 19.6. The van der Waals surface area contributed by atoms with Gasteiger partial charge in [-0.15, -0.1) is 0 Å². The molecule has 0 fully saturated rings. The molecular weight excluding hydrogens is 346 g/mol. The molecule has 0 atom stereocenters. The number of nitrogens with one attached hydrogen (secondary N) is 1. The van der Waals surface area contributed by atoms with E-state index in [2.05, 4.69) is 53.6 Å². The number of esters is 1. The van der Waals surface area contributed by atoms with E-state index in [1.54, 1.807) is 12.1 Å². The van der Waals surface area contributed by atoms with E-state index >= 15 is 0 Å². The molecule has 0 saturated heterocycles. The van der Waals surface area contributed by atoms with Gasteiger partial charge >= 0.3 is 5.97 Å². The number of methoxy groups -OCH3 is 1. The lowest BCUT2D eigenvalue weighted by molar-refractivity contribution is 0.0600. The highest BCUT2D eigenvalue weighted by molar-refractivity contribution is 5.89. The molecule has 0 aliphatic carbocycles. The first-order chi connectivity index (χ1) is 13.8. The summed E-state index contributed by atoms with van der Waals surface area (Å²) < 4.78 is 4.70. The van der Waals surface area contributed by atoms with Crippen LogP contribution in [0.3, 0.4) is 0 Å². The van der Waals surface area contributed by atoms with Gasteiger partial charge in [-0.2, -0.15) is 0 Å². The predicted octanol–water partition coefficient (Wildman–Crippen LogP) is 4.32. The lowest BCUT2D eigenvalue weighted by Gasteiger charge is -2.03. The van der Waals surface area contributed by atoms with Crippen molar-refractivity contribution < 1.29 is 9.53 Å². The van der Waals surface area contributed by atoms with Crippen LogP contribution in [0.4, 0.5) is 0 Å². The molecule has 0 heterocycles. The van der Waals surface area contributed by atoms with Gasteiger partial charge in [-0.1, -0.05) is 66.4 Å². The van der Waals surface area contributed by atoms with Crippen LogP contribution < -0.4 is 5.32 Å². The minimum atomic E-state index is -0.309. The molecule has 0 saturated carbocycles. The van der Waals surface area contributed by atoms with Crippen molar-refractivity contribution in [3.63, 3.8) is 0 Å². The Bertz CT molecular complexity index is 949. The van der Waals surface area contributed by atoms with Crippen LogP contribution in [0.15, 0.2) is 78.9 Å². The van der Waals surface area contributed by atoms with E-state index in [0.29, 0.717) is 12.1 Å². The van der Waals surface area contributed by atoms with Gasteiger partial charge in [0.05, 0.1) is 19.2 Å². The number of ether oxygens (including phenoxy) is 1. The molecule has 140 valence electrons. The number of carbonyl (C=O) groups excluding carboxylic acids is 1. The van der Waals surface area contributed by atoms with Gasteiger partial charge in [0.2, 0.25) is 0 Å². The maximum absolute atomic E-state index is 11.4. The first kappa shape index (κ1) is 19.4. The number of carbonyl (C=O) groups is 1. The molecule has 0 aromatic heterocycles. The fraction of sp³-hybridized carbons (Fsp3) is 0.160. The van der Waals surface area contributed by atoms with Gasteiger partial charge < -0.3 is 10.1 Å². The van der Waals surface area contributed by atoms with Crippen molar-refractivity contribution in [3.8, 4) is 23.0 Å². The quantitative estimate of drug-likeness (QED) is 0.399. The van der Waals surface area contributed by atoms with Gasteiger partial charge in [0, 0.05) is 12.1 Å². The third-order valence-corrected chi connectivity index (χ3v) is 4.40. The van der Waals surface area contributed by atoms with Crippen molar-refractivity contribution in [2.45, 2.75) is 6.42 Å². The summed E-state index contributed by atoms with van der Waals surface area (Å²) in [5.74, 6) is 6.03. The molecule has 3 aromatic rings. The van der Waals surface area contributed by atoms with Gasteiger partial charge in [0.1, 0.15) is 0 Å². The van der Waals surface area contributed by atoms with Gasteiger partial charge in [0.25, 0.3) is 0 Å². The molecule has 3 heteroatoms. The van der Waals surface area contributed by atoms with Crippen molar-refractivity contribution in [2.75, 3.05) is 20.2 Å². The summed E-state index contributed by atoms with van der Waals surface area (Å²) >= 11 is 0. The fourth-order valence-electron chi connectivity index (χ4n) is 2.83. The number of benzene rings is 3. The Kier molecular flexibility index (Phi) is 7.01. The van der Waals surface area contributed by atoms with Gasteiger partial charge in [-0.3, -0.25) is 0 Å². The Balaban J connectivity index is 1.42. The van der Waals surface area contributed by atoms with E-state index in [4.69, 9.17) is 4.74 Å². The zero-order valence-electron chi connectivity index (χ0n) is 15.9. The second kappa shape index (κ2) is 10.1. The third kappa shape index (κ3) is 5.57. The van der Waals surface area contributed by atoms with Gasteiger partial charge in [-0.25, -0.2) is 4.79 Å². The number of rotatable bonds is 6. The summed E-state index contributed by atoms with van der Waals surface area (Å²) in [6.45, 7) is 1.47. The summed E-state index contributed by atoms with van der Waals surface area (Å²) in [4.78, 5) is 11.4. The molecular formula is C25H23NO2. The van der Waals surface area contributed by atoms with E-state index in [1.165, 1.54) is 23.8 Å². The molecule has 0 spiro atoms. The standard InChI is InChI=1S/C25H23NO2/c1-28-25(27)24-15-11-21(12-16-24)17-19-26-18-5-6-20-9-13-23(14-10-20)22-7-3-2-4-8-22/h2-4,7-16,26H,17-19H2,1H3. The average molecular weight is 369 g/mol. The molecule has 0 aliphatic heterocycles. The smallest absolute Gasteiger partial charge is 0.337 e. The first-order valence-electron chi connectivity index (χ1n) is 9.28. The molecule has 0 amide bonds. The van der Waals surface area contributed by atoms with Crippen LogP contribution in [-0.4, -0.2) is 26.2 Å². The summed E-state index contributed by atoms with van der Waals surface area (Å²) in [5, 5.41) is 3.32. The molecule has 3 rings (SSSR count). The van der Waals surface area contributed by atoms with Gasteiger partial charge in [-0.05, 0) is 47.4 Å². The minimum Gasteiger partial charge on any atom is -0.465 e. The predicted molar refractivity (Wildman–Crippen MR) is 113 cm³/mol. The van der Waals surface area contributed by atoms with E-state index in [0.717, 1.165) is 18.5 Å². The van der Waals surface area contributed by atoms with Crippen molar-refractivity contribution >= 4 is 5.97 Å². The highest BCUT2D eigenvalue weighted by atomic mass is 16.5. The Morgan fingerprint density at radius 3 is 2.25 bits per heavy atom. The van der Waals surface area contributed by atoms with E-state index in [1.807, 2.05) is 30.3 Å². The normalized spacial score (nSPS) is 10.0. The van der Waals surface area contributed by atoms with E-state index < -0.39 is 0 Å². The Morgan fingerprint density at radius 2 is 1.57 bits per heavy atom. The second-order valence-corrected chi connectivity index (χ2v) is 6.36. The topological polar surface area (TPSA) is 38.3 Å². The third-order valence-electron chi connectivity index (χ3n) is 4.40. The second-order valence-electron chi connectivity index (χ2n) is 6.36. The lowest BCUT2D eigenvalue weighted by Crippen LogP contribution is -2.17. The van der Waals surface area contributed by atoms with Crippen molar-refractivity contribution in [1.29, 1.82) is 0 Å². The molecule has 0 bridgehead atoms. The lowest BCUT2D eigenvalue weighted by atomic mass is 10.0. The molecule has 1 N–H and O–H groups in total. The van der Waals surface area contributed by atoms with Crippen LogP contribution >= 0.6 is 0 Å². The Labute approximate surface area is 166 Å². The van der Waals surface area contributed by atoms with Crippen LogP contribution in [-0.2, 0) is 11.2 Å². The van der Waals surface area contributed by atoms with Crippen LogP contribution in [0, 0.1) is 11.8 Å². The maximum Gasteiger partial charge on any atom is 0.337 e. The fourth-order valence-corrected chi connectivity index (χ4v) is 2.83. The van der Waals surface area contributed by atoms with Crippen molar-refractivity contribution in [2.24, 2.45) is 0 Å². The molecule has 28 heavy (non-hydrogen) atoms. The summed E-state index contributed by atoms with van der Waals surface area (Å²) in [7, 11) is 1.39. The van der Waals surface area contributed by atoms with Gasteiger partial charge in [0.15, 0.2) is 0 Å². The molecule has 0 radical (unpaired) electrons. The Hall–Kier alpha value is -3.35. The van der Waals surface area contributed by atoms with E-state index in [-0.39, 0.29) is 5.97 Å². The van der Waals surface area contributed by atoms with E-state index in [9.17, 15) is 4.79 Å². The molecule has 0 aliphatic rings. The maximum atomic E-state index is 11.4. The number of hydrogen-bond donors (Lipinski definition) is 1. The summed E-state index contributed by atoms with van der Waals surface area (Å²) in [6, 6.07) is 26.1. The van der Waals surface area contributed by atoms with Crippen LogP contribution in [0.25, 0.3) is 11.1 Å². The largest absolute Gasteiger partial charge is 0.465 e. The molecule has 3 nitrogen and oxygen atoms in total. The highest BCUT2D eigenvalue weighted by Crippen LogP contribution is 2.18. The monoisotopic (exact) mass is 369 g/mol. The van der Waals surface area contributed by atoms with Crippen LogP contribution in [0.1, 0.15) is 21.5 Å². The van der Waals surface area contributed by atoms with Crippen LogP contribution in [0.2, 0.25) is 0 Å². The first-order valence-corrected chi connectivity index (χ1v) is 9.28. The highest BCUT2D eigenvalue weighted by Gasteiger charge is 2.03. The molecule has 3 aromatic carbocycles. The van der Waals surface area contributed by atoms with Crippen molar-refractivity contribution in [3.05, 3.63) is 95.6 Å². The van der Waals surface area contributed by atoms with Crippen LogP contribution in [0.5, 0.6) is 0 Å². The Morgan fingerprint density at radius 1 is 0.893 bits per heavy atom. The zero-order valence-corrected chi connectivity index (χ0v) is 15.9. The summed E-state index contributed by atoms with van der Waals surface area (Å²) in [5.41, 5.74) is 5.17.